The van der Waals surface area contributed by atoms with Gasteiger partial charge in [-0.2, -0.15) is 5.10 Å². The second kappa shape index (κ2) is 8.85. The first kappa shape index (κ1) is 22.8. The van der Waals surface area contributed by atoms with Crippen molar-refractivity contribution >= 4 is 11.9 Å². The number of hydrogen-bond donors (Lipinski definition) is 0. The zero-order chi connectivity index (χ0) is 23.8. The maximum Gasteiger partial charge on any atom is 0.359 e. The van der Waals surface area contributed by atoms with Crippen LogP contribution in [0.1, 0.15) is 70.9 Å². The molecule has 0 unspecified atom stereocenters. The third-order valence-corrected chi connectivity index (χ3v) is 6.09. The molecule has 0 saturated carbocycles. The van der Waals surface area contributed by atoms with Gasteiger partial charge in [0.15, 0.2) is 5.69 Å². The van der Waals surface area contributed by atoms with Crippen molar-refractivity contribution in [3.8, 4) is 5.69 Å². The van der Waals surface area contributed by atoms with E-state index in [1.165, 1.54) is 5.56 Å². The van der Waals surface area contributed by atoms with Crippen molar-refractivity contribution in [3.05, 3.63) is 82.2 Å². The molecule has 1 aliphatic rings. The first-order chi connectivity index (χ1) is 15.7. The van der Waals surface area contributed by atoms with Crippen LogP contribution in [0.25, 0.3) is 5.69 Å². The number of nitrogens with zero attached hydrogens (tertiary/aromatic N) is 3. The van der Waals surface area contributed by atoms with Crippen LogP contribution in [0.2, 0.25) is 0 Å². The average molecular weight is 446 g/mol. The summed E-state index contributed by atoms with van der Waals surface area (Å²) >= 11 is 0. The number of benzene rings is 2. The number of aromatic nitrogens is 2. The lowest BCUT2D eigenvalue weighted by Crippen LogP contribution is -2.36. The van der Waals surface area contributed by atoms with Gasteiger partial charge in [-0.1, -0.05) is 50.6 Å². The number of amides is 1. The van der Waals surface area contributed by atoms with E-state index < -0.39 is 5.97 Å². The molecular formula is C27H31N3O3. The quantitative estimate of drug-likeness (QED) is 0.539. The lowest BCUT2D eigenvalue weighted by atomic mass is 9.86. The first-order valence-electron chi connectivity index (χ1n) is 11.4. The summed E-state index contributed by atoms with van der Waals surface area (Å²) in [6.07, 6.45) is 0.613. The third-order valence-electron chi connectivity index (χ3n) is 6.09. The average Bonchev–Trinajstić information content (AvgIpc) is 3.18. The zero-order valence-electron chi connectivity index (χ0n) is 20.0. The van der Waals surface area contributed by atoms with Crippen molar-refractivity contribution < 1.29 is 14.3 Å². The highest BCUT2D eigenvalue weighted by molar-refractivity contribution is 5.95. The molecule has 2 aromatic carbocycles. The molecule has 1 aliphatic heterocycles. The summed E-state index contributed by atoms with van der Waals surface area (Å²) in [7, 11) is 0. The molecule has 172 valence electrons. The van der Waals surface area contributed by atoms with E-state index in [0.717, 1.165) is 22.5 Å². The minimum atomic E-state index is -0.455. The van der Waals surface area contributed by atoms with Crippen molar-refractivity contribution in [3.63, 3.8) is 0 Å². The van der Waals surface area contributed by atoms with E-state index in [-0.39, 0.29) is 23.6 Å². The van der Waals surface area contributed by atoms with E-state index in [1.807, 2.05) is 60.1 Å². The number of esters is 1. The fraction of sp³-hybridized carbons (Fsp3) is 0.370. The molecule has 1 aromatic heterocycles. The number of fused-ring (bicyclic) bond motifs is 1. The van der Waals surface area contributed by atoms with Crippen LogP contribution in [0.15, 0.2) is 48.5 Å². The zero-order valence-corrected chi connectivity index (χ0v) is 20.0. The summed E-state index contributed by atoms with van der Waals surface area (Å²) in [6.45, 7) is 11.4. The minimum absolute atomic E-state index is 0.0285. The van der Waals surface area contributed by atoms with Gasteiger partial charge in [-0.15, -0.1) is 0 Å². The van der Waals surface area contributed by atoms with Gasteiger partial charge in [-0.25, -0.2) is 9.48 Å². The molecule has 0 bridgehead atoms. The van der Waals surface area contributed by atoms with Gasteiger partial charge in [-0.3, -0.25) is 4.79 Å². The largest absolute Gasteiger partial charge is 0.461 e. The van der Waals surface area contributed by atoms with Gasteiger partial charge in [0.1, 0.15) is 0 Å². The predicted octanol–water partition coefficient (Wildman–Crippen LogP) is 4.85. The topological polar surface area (TPSA) is 64.4 Å². The van der Waals surface area contributed by atoms with E-state index in [1.54, 1.807) is 11.8 Å². The molecule has 0 fully saturated rings. The van der Waals surface area contributed by atoms with Crippen LogP contribution < -0.4 is 0 Å². The van der Waals surface area contributed by atoms with Gasteiger partial charge < -0.3 is 9.64 Å². The van der Waals surface area contributed by atoms with Gasteiger partial charge >= 0.3 is 5.97 Å². The van der Waals surface area contributed by atoms with E-state index in [2.05, 4.69) is 25.9 Å². The molecule has 1 amide bonds. The third kappa shape index (κ3) is 4.56. The Morgan fingerprint density at radius 3 is 2.30 bits per heavy atom. The van der Waals surface area contributed by atoms with Gasteiger partial charge in [0, 0.05) is 24.1 Å². The van der Waals surface area contributed by atoms with Gasteiger partial charge in [-0.05, 0) is 49.1 Å². The SMILES string of the molecule is CCOC(=O)c1nn(-c2ccc(C)cc2)c2c1CN(C(=O)c1ccc(C(C)(C)C)cc1)CC2. The fourth-order valence-electron chi connectivity index (χ4n) is 4.15. The first-order valence-corrected chi connectivity index (χ1v) is 11.4. The van der Waals surface area contributed by atoms with Crippen molar-refractivity contribution in [1.82, 2.24) is 14.7 Å². The van der Waals surface area contributed by atoms with Crippen LogP contribution >= 0.6 is 0 Å². The normalized spacial score (nSPS) is 13.5. The summed E-state index contributed by atoms with van der Waals surface area (Å²) in [5.74, 6) is -0.498. The summed E-state index contributed by atoms with van der Waals surface area (Å²) < 4.78 is 7.09. The standard InChI is InChI=1S/C27H31N3O3/c1-6-33-26(32)24-22-17-29(25(31)19-9-11-20(12-10-19)27(3,4)5)16-15-23(22)30(28-24)21-13-7-18(2)8-14-21/h7-14H,6,15-17H2,1-5H3. The molecule has 33 heavy (non-hydrogen) atoms. The molecular weight excluding hydrogens is 414 g/mol. The smallest absolute Gasteiger partial charge is 0.359 e. The maximum absolute atomic E-state index is 13.3. The predicted molar refractivity (Wildman–Crippen MR) is 128 cm³/mol. The van der Waals surface area contributed by atoms with Crippen LogP contribution in [-0.2, 0) is 23.1 Å². The molecule has 0 saturated heterocycles. The summed E-state index contributed by atoms with van der Waals surface area (Å²) in [4.78, 5) is 27.8. The van der Waals surface area contributed by atoms with Gasteiger partial charge in [0.2, 0.25) is 0 Å². The van der Waals surface area contributed by atoms with Crippen LogP contribution in [0, 0.1) is 6.92 Å². The summed E-state index contributed by atoms with van der Waals surface area (Å²) in [6, 6.07) is 15.8. The summed E-state index contributed by atoms with van der Waals surface area (Å²) in [5, 5.41) is 4.62. The van der Waals surface area contributed by atoms with E-state index in [9.17, 15) is 9.59 Å². The molecule has 2 heterocycles. The number of rotatable bonds is 4. The van der Waals surface area contributed by atoms with Crippen molar-refractivity contribution in [2.45, 2.75) is 53.0 Å². The molecule has 0 radical (unpaired) electrons. The molecule has 4 rings (SSSR count). The van der Waals surface area contributed by atoms with Crippen LogP contribution in [0.5, 0.6) is 0 Å². The van der Waals surface area contributed by atoms with E-state index >= 15 is 0 Å². The van der Waals surface area contributed by atoms with Crippen LogP contribution in [-0.4, -0.2) is 39.7 Å². The minimum Gasteiger partial charge on any atom is -0.461 e. The number of aryl methyl sites for hydroxylation is 1. The second-order valence-electron chi connectivity index (χ2n) is 9.55. The second-order valence-corrected chi connectivity index (χ2v) is 9.55. The highest BCUT2D eigenvalue weighted by atomic mass is 16.5. The molecule has 0 N–H and O–H groups in total. The Morgan fingerprint density at radius 2 is 1.70 bits per heavy atom. The number of ether oxygens (including phenoxy) is 1. The highest BCUT2D eigenvalue weighted by Gasteiger charge is 2.31. The highest BCUT2D eigenvalue weighted by Crippen LogP contribution is 2.28. The number of carbonyl (C=O) groups is 2. The van der Waals surface area contributed by atoms with Crippen molar-refractivity contribution in [2.75, 3.05) is 13.2 Å². The molecule has 6 nitrogen and oxygen atoms in total. The molecule has 0 aliphatic carbocycles. The van der Waals surface area contributed by atoms with Gasteiger partial charge in [0.25, 0.3) is 5.91 Å². The van der Waals surface area contributed by atoms with Crippen molar-refractivity contribution in [2.24, 2.45) is 0 Å². The monoisotopic (exact) mass is 445 g/mol. The van der Waals surface area contributed by atoms with Crippen LogP contribution in [0.3, 0.4) is 0 Å². The Morgan fingerprint density at radius 1 is 1.03 bits per heavy atom. The molecule has 3 aromatic rings. The van der Waals surface area contributed by atoms with E-state index in [4.69, 9.17) is 4.74 Å². The molecule has 6 heteroatoms. The van der Waals surface area contributed by atoms with Gasteiger partial charge in [0.05, 0.1) is 24.5 Å². The number of carbonyl (C=O) groups excluding carboxylic acids is 2. The Balaban J connectivity index is 1.66. The number of hydrogen-bond acceptors (Lipinski definition) is 4. The molecule has 0 atom stereocenters. The summed E-state index contributed by atoms with van der Waals surface area (Å²) in [5.41, 5.74) is 5.91. The molecule has 0 spiro atoms. The Hall–Kier alpha value is -3.41. The Labute approximate surface area is 195 Å². The Bertz CT molecular complexity index is 1170. The van der Waals surface area contributed by atoms with E-state index in [0.29, 0.717) is 25.1 Å². The lowest BCUT2D eigenvalue weighted by molar-refractivity contribution is 0.0513. The Kier molecular flexibility index (Phi) is 6.11. The maximum atomic E-state index is 13.3. The van der Waals surface area contributed by atoms with Crippen LogP contribution in [0.4, 0.5) is 0 Å². The fourth-order valence-corrected chi connectivity index (χ4v) is 4.15. The lowest BCUT2D eigenvalue weighted by Gasteiger charge is -2.28. The van der Waals surface area contributed by atoms with Crippen molar-refractivity contribution in [1.29, 1.82) is 0 Å².